The zero-order valence-electron chi connectivity index (χ0n) is 11.3. The molecule has 1 aromatic carbocycles. The maximum atomic E-state index is 13.2. The maximum Gasteiger partial charge on any atom is 0.123 e. The average molecular weight is 288 g/mol. The molecule has 0 unspecified atom stereocenters. The summed E-state index contributed by atoms with van der Waals surface area (Å²) >= 11 is 0. The molecule has 0 aromatic heterocycles. The number of nitrogens with one attached hydrogen (secondary N) is 1. The van der Waals surface area contributed by atoms with Crippen molar-refractivity contribution < 1.29 is 9.50 Å². The van der Waals surface area contributed by atoms with E-state index >= 15 is 0 Å². The van der Waals surface area contributed by atoms with Gasteiger partial charge in [-0.05, 0) is 37.0 Å². The van der Waals surface area contributed by atoms with Gasteiger partial charge in [0.1, 0.15) is 5.82 Å². The molecule has 4 heteroatoms. The fourth-order valence-electron chi connectivity index (χ4n) is 2.80. The molecule has 3 atom stereocenters. The number of aliphatic hydroxyl groups is 1. The van der Waals surface area contributed by atoms with Crippen LogP contribution in [0.4, 0.5) is 4.39 Å². The monoisotopic (exact) mass is 287 g/mol. The van der Waals surface area contributed by atoms with E-state index < -0.39 is 6.10 Å². The van der Waals surface area contributed by atoms with Crippen LogP contribution < -0.4 is 5.32 Å². The highest BCUT2D eigenvalue weighted by atomic mass is 35.5. The quantitative estimate of drug-likeness (QED) is 0.887. The summed E-state index contributed by atoms with van der Waals surface area (Å²) in [6.45, 7) is 2.17. The Balaban J connectivity index is 0.00000180. The predicted octanol–water partition coefficient (Wildman–Crippen LogP) is 3.59. The van der Waals surface area contributed by atoms with E-state index in [4.69, 9.17) is 0 Å². The molecule has 0 radical (unpaired) electrons. The largest absolute Gasteiger partial charge is 0.387 e. The average Bonchev–Trinajstić information content (AvgIpc) is 2.39. The van der Waals surface area contributed by atoms with Crippen molar-refractivity contribution in [3.8, 4) is 0 Å². The molecule has 0 saturated carbocycles. The van der Waals surface area contributed by atoms with Crippen molar-refractivity contribution in [1.29, 1.82) is 0 Å². The van der Waals surface area contributed by atoms with E-state index in [1.54, 1.807) is 12.1 Å². The Hall–Kier alpha value is -0.640. The summed E-state index contributed by atoms with van der Waals surface area (Å²) in [5.41, 5.74) is 0.671. The van der Waals surface area contributed by atoms with Gasteiger partial charge in [-0.25, -0.2) is 4.39 Å². The van der Waals surface area contributed by atoms with Gasteiger partial charge in [0.05, 0.1) is 6.10 Å². The van der Waals surface area contributed by atoms with Gasteiger partial charge in [-0.1, -0.05) is 31.9 Å². The van der Waals surface area contributed by atoms with Gasteiger partial charge in [-0.3, -0.25) is 0 Å². The molecule has 2 nitrogen and oxygen atoms in total. The Bertz CT molecular complexity index is 386. The molecule has 1 aliphatic rings. The van der Waals surface area contributed by atoms with Gasteiger partial charge < -0.3 is 10.4 Å². The highest BCUT2D eigenvalue weighted by molar-refractivity contribution is 5.85. The lowest BCUT2D eigenvalue weighted by Crippen LogP contribution is -2.45. The number of hydrogen-bond donors (Lipinski definition) is 2. The third-order valence-electron chi connectivity index (χ3n) is 3.73. The molecular weight excluding hydrogens is 265 g/mol. The minimum atomic E-state index is -0.611. The first-order valence-electron chi connectivity index (χ1n) is 6.90. The third-order valence-corrected chi connectivity index (χ3v) is 3.73. The molecule has 1 fully saturated rings. The summed E-state index contributed by atoms with van der Waals surface area (Å²) in [7, 11) is 0. The van der Waals surface area contributed by atoms with Crippen LogP contribution in [0, 0.1) is 5.82 Å². The maximum absolute atomic E-state index is 13.2. The molecule has 1 heterocycles. The lowest BCUT2D eigenvalue weighted by molar-refractivity contribution is 0.0995. The van der Waals surface area contributed by atoms with E-state index in [-0.39, 0.29) is 24.3 Å². The summed E-state index contributed by atoms with van der Waals surface area (Å²) in [5.74, 6) is -0.285. The minimum Gasteiger partial charge on any atom is -0.387 e. The first-order chi connectivity index (χ1) is 8.70. The number of hydrogen-bond acceptors (Lipinski definition) is 2. The van der Waals surface area contributed by atoms with Crippen LogP contribution in [0.3, 0.4) is 0 Å². The van der Waals surface area contributed by atoms with Crippen molar-refractivity contribution in [2.45, 2.75) is 57.2 Å². The summed E-state index contributed by atoms with van der Waals surface area (Å²) < 4.78 is 13.2. The Morgan fingerprint density at radius 2 is 2.21 bits per heavy atom. The van der Waals surface area contributed by atoms with Crippen molar-refractivity contribution in [2.24, 2.45) is 0 Å². The summed E-state index contributed by atoms with van der Waals surface area (Å²) in [6, 6.07) is 6.83. The van der Waals surface area contributed by atoms with Gasteiger partial charge in [0.15, 0.2) is 0 Å². The molecule has 108 valence electrons. The van der Waals surface area contributed by atoms with Crippen molar-refractivity contribution >= 4 is 12.4 Å². The molecule has 0 bridgehead atoms. The van der Waals surface area contributed by atoms with Crippen LogP contribution in [0.2, 0.25) is 0 Å². The molecule has 0 amide bonds. The van der Waals surface area contributed by atoms with E-state index in [9.17, 15) is 9.50 Å². The van der Waals surface area contributed by atoms with Gasteiger partial charge in [0, 0.05) is 12.1 Å². The lowest BCUT2D eigenvalue weighted by atomic mass is 9.90. The highest BCUT2D eigenvalue weighted by Gasteiger charge is 2.27. The second-order valence-electron chi connectivity index (χ2n) is 5.19. The molecule has 1 saturated heterocycles. The van der Waals surface area contributed by atoms with Crippen LogP contribution in [-0.2, 0) is 0 Å². The molecule has 2 N–H and O–H groups in total. The molecule has 1 aromatic rings. The van der Waals surface area contributed by atoms with Crippen molar-refractivity contribution in [2.75, 3.05) is 0 Å². The van der Waals surface area contributed by atoms with Crippen LogP contribution >= 0.6 is 12.4 Å². The Labute approximate surface area is 120 Å². The fraction of sp³-hybridized carbons (Fsp3) is 0.600. The summed E-state index contributed by atoms with van der Waals surface area (Å²) in [6.07, 6.45) is 4.96. The summed E-state index contributed by atoms with van der Waals surface area (Å²) in [4.78, 5) is 0. The SMILES string of the molecule is CCC[C@@H]1CCC[C@@H]([C@H](O)c2cccc(F)c2)N1.Cl. The van der Waals surface area contributed by atoms with Gasteiger partial charge >= 0.3 is 0 Å². The number of benzene rings is 1. The van der Waals surface area contributed by atoms with E-state index in [1.165, 1.54) is 18.6 Å². The fourth-order valence-corrected chi connectivity index (χ4v) is 2.80. The zero-order chi connectivity index (χ0) is 13.0. The Morgan fingerprint density at radius 3 is 2.89 bits per heavy atom. The van der Waals surface area contributed by atoms with Crippen molar-refractivity contribution in [1.82, 2.24) is 5.32 Å². The molecule has 2 rings (SSSR count). The third kappa shape index (κ3) is 4.44. The second-order valence-corrected chi connectivity index (χ2v) is 5.19. The van der Waals surface area contributed by atoms with Crippen molar-refractivity contribution in [3.63, 3.8) is 0 Å². The Morgan fingerprint density at radius 1 is 1.42 bits per heavy atom. The minimum absolute atomic E-state index is 0. The van der Waals surface area contributed by atoms with Crippen LogP contribution in [-0.4, -0.2) is 17.2 Å². The van der Waals surface area contributed by atoms with Crippen LogP contribution in [0.15, 0.2) is 24.3 Å². The number of rotatable bonds is 4. The van der Waals surface area contributed by atoms with Gasteiger partial charge in [0.25, 0.3) is 0 Å². The number of aliphatic hydroxyl groups excluding tert-OH is 1. The number of piperidine rings is 1. The topological polar surface area (TPSA) is 32.3 Å². The van der Waals surface area contributed by atoms with E-state index in [1.807, 2.05) is 0 Å². The molecule has 1 aliphatic heterocycles. The van der Waals surface area contributed by atoms with Gasteiger partial charge in [-0.15, -0.1) is 12.4 Å². The molecule has 0 aliphatic carbocycles. The zero-order valence-corrected chi connectivity index (χ0v) is 12.1. The normalized spacial score (nSPS) is 24.6. The Kier molecular flexibility index (Phi) is 6.76. The molecular formula is C15H23ClFNO. The summed E-state index contributed by atoms with van der Waals surface area (Å²) in [5, 5.41) is 13.8. The van der Waals surface area contributed by atoms with Crippen LogP contribution in [0.25, 0.3) is 0 Å². The van der Waals surface area contributed by atoms with Crippen LogP contribution in [0.1, 0.15) is 50.7 Å². The van der Waals surface area contributed by atoms with E-state index in [2.05, 4.69) is 12.2 Å². The van der Waals surface area contributed by atoms with E-state index in [0.29, 0.717) is 11.6 Å². The first kappa shape index (κ1) is 16.4. The predicted molar refractivity (Wildman–Crippen MR) is 78.1 cm³/mol. The van der Waals surface area contributed by atoms with Crippen LogP contribution in [0.5, 0.6) is 0 Å². The highest BCUT2D eigenvalue weighted by Crippen LogP contribution is 2.26. The smallest absolute Gasteiger partial charge is 0.123 e. The second kappa shape index (κ2) is 7.83. The van der Waals surface area contributed by atoms with Crippen molar-refractivity contribution in [3.05, 3.63) is 35.6 Å². The number of halogens is 2. The van der Waals surface area contributed by atoms with E-state index in [0.717, 1.165) is 25.7 Å². The first-order valence-corrected chi connectivity index (χ1v) is 6.90. The molecule has 0 spiro atoms. The lowest BCUT2D eigenvalue weighted by Gasteiger charge is -2.34. The molecule has 19 heavy (non-hydrogen) atoms. The van der Waals surface area contributed by atoms with Gasteiger partial charge in [-0.2, -0.15) is 0 Å². The van der Waals surface area contributed by atoms with Gasteiger partial charge in [0.2, 0.25) is 0 Å². The standard InChI is InChI=1S/C15H22FNO.ClH/c1-2-5-13-8-4-9-14(17-13)15(18)11-6-3-7-12(16)10-11;/h3,6-7,10,13-15,17-18H,2,4-5,8-9H2,1H3;1H/t13-,14+,15-;/m1./s1.